The van der Waals surface area contributed by atoms with Crippen LogP contribution in [0.25, 0.3) is 0 Å². The molecule has 4 rings (SSSR count). The van der Waals surface area contributed by atoms with E-state index in [0.717, 1.165) is 69.3 Å². The number of aromatic amines is 1. The van der Waals surface area contributed by atoms with Gasteiger partial charge in [-0.1, -0.05) is 12.5 Å². The molecular formula is C22H29N5O3. The summed E-state index contributed by atoms with van der Waals surface area (Å²) in [6.45, 7) is 2.75. The van der Waals surface area contributed by atoms with E-state index in [0.29, 0.717) is 13.1 Å². The molecule has 2 aromatic rings. The van der Waals surface area contributed by atoms with Gasteiger partial charge < -0.3 is 10.3 Å². The van der Waals surface area contributed by atoms with E-state index in [-0.39, 0.29) is 28.8 Å². The lowest BCUT2D eigenvalue weighted by Gasteiger charge is -2.35. The largest absolute Gasteiger partial charge is 0.349 e. The van der Waals surface area contributed by atoms with Crippen molar-refractivity contribution in [3.63, 3.8) is 0 Å². The van der Waals surface area contributed by atoms with Crippen molar-refractivity contribution in [3.8, 4) is 0 Å². The molecule has 1 atom stereocenters. The highest BCUT2D eigenvalue weighted by Gasteiger charge is 2.23. The molecule has 1 saturated heterocycles. The summed E-state index contributed by atoms with van der Waals surface area (Å²) in [5.74, 6) is -0.272. The van der Waals surface area contributed by atoms with Crippen molar-refractivity contribution in [2.24, 2.45) is 0 Å². The second kappa shape index (κ2) is 9.38. The van der Waals surface area contributed by atoms with Crippen LogP contribution in [0.2, 0.25) is 0 Å². The molecule has 1 fully saturated rings. The molecule has 160 valence electrons. The van der Waals surface area contributed by atoms with Crippen LogP contribution in [0.3, 0.4) is 0 Å². The number of fused-ring (bicyclic) bond motifs is 1. The molecule has 2 aliphatic rings. The summed E-state index contributed by atoms with van der Waals surface area (Å²) in [5.41, 5.74) is 2.14. The first-order valence-corrected chi connectivity index (χ1v) is 10.9. The molecule has 0 saturated carbocycles. The summed E-state index contributed by atoms with van der Waals surface area (Å²) >= 11 is 0. The highest BCUT2D eigenvalue weighted by atomic mass is 16.2. The van der Waals surface area contributed by atoms with Gasteiger partial charge >= 0.3 is 0 Å². The lowest BCUT2D eigenvalue weighted by molar-refractivity contribution is 0.0904. The molecule has 1 amide bonds. The normalized spacial score (nSPS) is 19.3. The van der Waals surface area contributed by atoms with Crippen LogP contribution in [0, 0.1) is 0 Å². The van der Waals surface area contributed by atoms with Gasteiger partial charge in [0.2, 0.25) is 5.56 Å². The van der Waals surface area contributed by atoms with Crippen molar-refractivity contribution >= 4 is 5.91 Å². The maximum Gasteiger partial charge on any atom is 0.267 e. The van der Waals surface area contributed by atoms with Crippen molar-refractivity contribution in [1.29, 1.82) is 0 Å². The quantitative estimate of drug-likeness (QED) is 0.741. The number of likely N-dealkylation sites (tertiary alicyclic amines) is 1. The van der Waals surface area contributed by atoms with Gasteiger partial charge in [-0.2, -0.15) is 5.10 Å². The molecule has 1 unspecified atom stereocenters. The minimum Gasteiger partial charge on any atom is -0.349 e. The number of hydrogen-bond acceptors (Lipinski definition) is 5. The Labute approximate surface area is 175 Å². The molecule has 2 N–H and O–H groups in total. The first-order chi connectivity index (χ1) is 14.6. The average Bonchev–Trinajstić information content (AvgIpc) is 2.76. The maximum absolute atomic E-state index is 12.4. The standard InChI is InChI=1S/C22H29N5O3/c28-20-10-5-9-19(24-20)22(30)23-15-17-7-3-4-11-26(17)12-13-27-21(29)14-16-6-1-2-8-18(16)25-27/h5,9-10,14,17H,1-4,6-8,11-13,15H2,(H,23,30)(H,24,28). The van der Waals surface area contributed by atoms with Gasteiger partial charge in [-0.3, -0.25) is 19.3 Å². The number of pyridine rings is 1. The molecule has 8 heteroatoms. The van der Waals surface area contributed by atoms with Gasteiger partial charge in [0.25, 0.3) is 11.5 Å². The average molecular weight is 412 g/mol. The summed E-state index contributed by atoms with van der Waals surface area (Å²) in [7, 11) is 0. The number of H-pyrrole nitrogens is 1. The Hall–Kier alpha value is -2.74. The van der Waals surface area contributed by atoms with E-state index >= 15 is 0 Å². The molecule has 0 bridgehead atoms. The molecular weight excluding hydrogens is 382 g/mol. The van der Waals surface area contributed by atoms with E-state index in [1.54, 1.807) is 22.9 Å². The zero-order chi connectivity index (χ0) is 20.9. The van der Waals surface area contributed by atoms with Crippen LogP contribution in [-0.2, 0) is 19.4 Å². The number of carbonyl (C=O) groups is 1. The van der Waals surface area contributed by atoms with E-state index in [1.807, 2.05) is 0 Å². The fourth-order valence-electron chi connectivity index (χ4n) is 4.46. The summed E-state index contributed by atoms with van der Waals surface area (Å²) in [6, 6.07) is 6.53. The molecule has 1 aliphatic carbocycles. The fraction of sp³-hybridized carbons (Fsp3) is 0.545. The first kappa shape index (κ1) is 20.5. The van der Waals surface area contributed by atoms with E-state index in [9.17, 15) is 14.4 Å². The molecule has 0 spiro atoms. The number of nitrogens with zero attached hydrogens (tertiary/aromatic N) is 3. The Kier molecular flexibility index (Phi) is 6.42. The summed E-state index contributed by atoms with van der Waals surface area (Å²) in [4.78, 5) is 41.1. The van der Waals surface area contributed by atoms with Crippen LogP contribution in [0.15, 0.2) is 33.9 Å². The third-order valence-corrected chi connectivity index (χ3v) is 6.13. The lowest BCUT2D eigenvalue weighted by atomic mass is 9.97. The molecule has 0 aromatic carbocycles. The SMILES string of the molecule is O=C(NCC1CCCCN1CCn1nc2c(cc1=O)CCCC2)c1cccc(=O)[nH]1. The summed E-state index contributed by atoms with van der Waals surface area (Å²) < 4.78 is 1.60. The Balaban J connectivity index is 1.36. The zero-order valence-electron chi connectivity index (χ0n) is 17.2. The zero-order valence-corrected chi connectivity index (χ0v) is 17.2. The van der Waals surface area contributed by atoms with E-state index in [2.05, 4.69) is 20.3 Å². The Bertz CT molecular complexity index is 1010. The molecule has 3 heterocycles. The van der Waals surface area contributed by atoms with Crippen molar-refractivity contribution in [2.45, 2.75) is 57.5 Å². The van der Waals surface area contributed by atoms with Gasteiger partial charge in [0, 0.05) is 31.3 Å². The van der Waals surface area contributed by atoms with Crippen molar-refractivity contribution in [2.75, 3.05) is 19.6 Å². The second-order valence-electron chi connectivity index (χ2n) is 8.21. The predicted octanol–water partition coefficient (Wildman–Crippen LogP) is 1.09. The highest BCUT2D eigenvalue weighted by molar-refractivity contribution is 5.92. The van der Waals surface area contributed by atoms with Gasteiger partial charge in [0.05, 0.1) is 12.2 Å². The van der Waals surface area contributed by atoms with Crippen LogP contribution in [0.5, 0.6) is 0 Å². The maximum atomic E-state index is 12.4. The Morgan fingerprint density at radius 1 is 1.13 bits per heavy atom. The number of aryl methyl sites for hydroxylation is 2. The molecule has 30 heavy (non-hydrogen) atoms. The third-order valence-electron chi connectivity index (χ3n) is 6.13. The highest BCUT2D eigenvalue weighted by Crippen LogP contribution is 2.18. The van der Waals surface area contributed by atoms with Crippen molar-refractivity contribution in [1.82, 2.24) is 25.0 Å². The third kappa shape index (κ3) is 4.87. The number of rotatable bonds is 6. The number of piperidine rings is 1. The van der Waals surface area contributed by atoms with Crippen LogP contribution < -0.4 is 16.4 Å². The Morgan fingerprint density at radius 3 is 2.87 bits per heavy atom. The van der Waals surface area contributed by atoms with Gasteiger partial charge in [-0.05, 0) is 56.7 Å². The van der Waals surface area contributed by atoms with Crippen LogP contribution >= 0.6 is 0 Å². The first-order valence-electron chi connectivity index (χ1n) is 10.9. The number of aromatic nitrogens is 3. The Morgan fingerprint density at radius 2 is 2.00 bits per heavy atom. The summed E-state index contributed by atoms with van der Waals surface area (Å²) in [5, 5.41) is 7.56. The van der Waals surface area contributed by atoms with Crippen LogP contribution in [-0.4, -0.2) is 51.2 Å². The van der Waals surface area contributed by atoms with E-state index < -0.39 is 0 Å². The molecule has 1 aliphatic heterocycles. The number of carbonyl (C=O) groups excluding carboxylic acids is 1. The van der Waals surface area contributed by atoms with Crippen LogP contribution in [0.1, 0.15) is 53.8 Å². The van der Waals surface area contributed by atoms with Crippen molar-refractivity contribution < 1.29 is 4.79 Å². The lowest BCUT2D eigenvalue weighted by Crippen LogP contribution is -2.48. The van der Waals surface area contributed by atoms with Gasteiger partial charge in [0.1, 0.15) is 5.69 Å². The topological polar surface area (TPSA) is 100 Å². The summed E-state index contributed by atoms with van der Waals surface area (Å²) in [6.07, 6.45) is 7.42. The molecule has 8 nitrogen and oxygen atoms in total. The minimum atomic E-state index is -0.287. The van der Waals surface area contributed by atoms with Gasteiger partial charge in [0.15, 0.2) is 0 Å². The van der Waals surface area contributed by atoms with Gasteiger partial charge in [-0.15, -0.1) is 0 Å². The minimum absolute atomic E-state index is 0.0226. The van der Waals surface area contributed by atoms with E-state index in [4.69, 9.17) is 0 Å². The number of amides is 1. The van der Waals surface area contributed by atoms with Crippen LogP contribution in [0.4, 0.5) is 0 Å². The number of nitrogens with one attached hydrogen (secondary N) is 2. The second-order valence-corrected chi connectivity index (χ2v) is 8.21. The number of hydrogen-bond donors (Lipinski definition) is 2. The van der Waals surface area contributed by atoms with Crippen molar-refractivity contribution in [3.05, 3.63) is 61.9 Å². The predicted molar refractivity (Wildman–Crippen MR) is 114 cm³/mol. The fourth-order valence-corrected chi connectivity index (χ4v) is 4.46. The molecule has 2 aromatic heterocycles. The van der Waals surface area contributed by atoms with E-state index in [1.165, 1.54) is 6.07 Å². The monoisotopic (exact) mass is 411 g/mol. The van der Waals surface area contributed by atoms with Gasteiger partial charge in [-0.25, -0.2) is 4.68 Å². The smallest absolute Gasteiger partial charge is 0.267 e. The molecule has 0 radical (unpaired) electrons.